The van der Waals surface area contributed by atoms with Gasteiger partial charge in [0.2, 0.25) is 0 Å². The Balaban J connectivity index is 1.50. The van der Waals surface area contributed by atoms with Crippen LogP contribution in [0.1, 0.15) is 41.7 Å². The average Bonchev–Trinajstić information content (AvgIpc) is 2.98. The summed E-state index contributed by atoms with van der Waals surface area (Å²) in [4.78, 5) is 25.6. The zero-order valence-corrected chi connectivity index (χ0v) is 15.4. The molecule has 1 fully saturated rings. The maximum absolute atomic E-state index is 13.1. The second-order valence-corrected chi connectivity index (χ2v) is 6.97. The number of hydrogen-bond acceptors (Lipinski definition) is 6. The van der Waals surface area contributed by atoms with E-state index in [1.54, 1.807) is 23.3 Å². The molecule has 4 rings (SSSR count). The topological polar surface area (TPSA) is 76.4 Å². The summed E-state index contributed by atoms with van der Waals surface area (Å²) in [6, 6.07) is 0. The molecule has 1 amide bonds. The second kappa shape index (κ2) is 6.68. The highest BCUT2D eigenvalue weighted by molar-refractivity contribution is 5.94. The van der Waals surface area contributed by atoms with Gasteiger partial charge in [-0.25, -0.2) is 4.98 Å². The summed E-state index contributed by atoms with van der Waals surface area (Å²) in [6.07, 6.45) is 5.91. The number of aromatic nitrogens is 4. The number of fused-ring (bicyclic) bond motifs is 1. The predicted molar refractivity (Wildman–Crippen MR) is 96.0 cm³/mol. The molecule has 0 unspecified atom stereocenters. The Morgan fingerprint density at radius 3 is 2.65 bits per heavy atom. The Kier molecular flexibility index (Phi) is 4.36. The number of ether oxygens (including phenoxy) is 1. The molecular weight excluding hydrogens is 332 g/mol. The average molecular weight is 356 g/mol. The van der Waals surface area contributed by atoms with Gasteiger partial charge in [-0.15, -0.1) is 0 Å². The molecule has 4 heterocycles. The SMILES string of the molecule is C[C@@H]1Cc2c(C(=O)N3CCN(c4cnccn4)CC3)nn(C)c2[C@H](C)O1. The molecule has 0 radical (unpaired) electrons. The van der Waals surface area contributed by atoms with E-state index in [4.69, 9.17) is 4.74 Å². The molecule has 0 spiro atoms. The first-order valence-corrected chi connectivity index (χ1v) is 9.06. The highest BCUT2D eigenvalue weighted by Gasteiger charge is 2.33. The van der Waals surface area contributed by atoms with Crippen molar-refractivity contribution in [1.82, 2.24) is 24.6 Å². The summed E-state index contributed by atoms with van der Waals surface area (Å²) in [6.45, 7) is 6.86. The first-order valence-electron chi connectivity index (χ1n) is 9.06. The lowest BCUT2D eigenvalue weighted by molar-refractivity contribution is -0.00906. The number of nitrogens with zero attached hydrogens (tertiary/aromatic N) is 6. The van der Waals surface area contributed by atoms with E-state index >= 15 is 0 Å². The predicted octanol–water partition coefficient (Wildman–Crippen LogP) is 1.19. The summed E-state index contributed by atoms with van der Waals surface area (Å²) in [5, 5.41) is 4.54. The molecule has 1 saturated heterocycles. The molecule has 2 atom stereocenters. The van der Waals surface area contributed by atoms with Crippen molar-refractivity contribution < 1.29 is 9.53 Å². The van der Waals surface area contributed by atoms with Crippen LogP contribution in [0.5, 0.6) is 0 Å². The van der Waals surface area contributed by atoms with Crippen LogP contribution in [0.25, 0.3) is 0 Å². The zero-order valence-electron chi connectivity index (χ0n) is 15.4. The van der Waals surface area contributed by atoms with E-state index in [9.17, 15) is 4.79 Å². The number of carbonyl (C=O) groups excluding carboxylic acids is 1. The molecule has 2 aromatic heterocycles. The maximum Gasteiger partial charge on any atom is 0.274 e. The van der Waals surface area contributed by atoms with E-state index in [1.807, 2.05) is 25.8 Å². The fourth-order valence-electron chi connectivity index (χ4n) is 3.95. The normalized spacial score (nSPS) is 23.0. The molecule has 0 aromatic carbocycles. The van der Waals surface area contributed by atoms with Crippen molar-refractivity contribution in [2.75, 3.05) is 31.1 Å². The number of carbonyl (C=O) groups is 1. The number of piperazine rings is 1. The van der Waals surface area contributed by atoms with E-state index in [0.29, 0.717) is 18.8 Å². The van der Waals surface area contributed by atoms with Crippen molar-refractivity contribution in [2.45, 2.75) is 32.5 Å². The fraction of sp³-hybridized carbons (Fsp3) is 0.556. The number of anilines is 1. The number of rotatable bonds is 2. The molecule has 0 N–H and O–H groups in total. The van der Waals surface area contributed by atoms with Crippen molar-refractivity contribution in [3.63, 3.8) is 0 Å². The van der Waals surface area contributed by atoms with Crippen LogP contribution in [-0.4, -0.2) is 62.8 Å². The smallest absolute Gasteiger partial charge is 0.274 e. The van der Waals surface area contributed by atoms with Gasteiger partial charge in [0.1, 0.15) is 5.82 Å². The monoisotopic (exact) mass is 356 g/mol. The van der Waals surface area contributed by atoms with Crippen LogP contribution in [0.3, 0.4) is 0 Å². The first-order chi connectivity index (χ1) is 12.5. The van der Waals surface area contributed by atoms with Crippen molar-refractivity contribution in [3.05, 3.63) is 35.5 Å². The first kappa shape index (κ1) is 17.0. The molecular formula is C18H24N6O2. The van der Waals surface area contributed by atoms with Gasteiger partial charge in [-0.2, -0.15) is 5.10 Å². The van der Waals surface area contributed by atoms with Crippen molar-refractivity contribution in [3.8, 4) is 0 Å². The highest BCUT2D eigenvalue weighted by atomic mass is 16.5. The Morgan fingerprint density at radius 2 is 1.96 bits per heavy atom. The van der Waals surface area contributed by atoms with E-state index in [-0.39, 0.29) is 18.1 Å². The van der Waals surface area contributed by atoms with Gasteiger partial charge in [-0.3, -0.25) is 14.5 Å². The molecule has 26 heavy (non-hydrogen) atoms. The van der Waals surface area contributed by atoms with Gasteiger partial charge >= 0.3 is 0 Å². The Hall–Kier alpha value is -2.48. The summed E-state index contributed by atoms with van der Waals surface area (Å²) in [7, 11) is 1.89. The molecule has 0 aliphatic carbocycles. The largest absolute Gasteiger partial charge is 0.369 e. The standard InChI is InChI=1S/C18H24N6O2/c1-12-10-14-16(21-22(3)17(14)13(2)26-12)18(25)24-8-6-23(7-9-24)15-11-19-4-5-20-15/h4-5,11-13H,6-10H2,1-3H3/t12-,13+/m1/s1. The summed E-state index contributed by atoms with van der Waals surface area (Å²) in [5.41, 5.74) is 2.64. The van der Waals surface area contributed by atoms with Crippen LogP contribution in [0.4, 0.5) is 5.82 Å². The van der Waals surface area contributed by atoms with Crippen molar-refractivity contribution >= 4 is 11.7 Å². The van der Waals surface area contributed by atoms with Crippen LogP contribution in [0.2, 0.25) is 0 Å². The molecule has 8 heteroatoms. The van der Waals surface area contributed by atoms with Gasteiger partial charge < -0.3 is 14.5 Å². The number of amides is 1. The molecule has 2 aliphatic heterocycles. The van der Waals surface area contributed by atoms with Crippen LogP contribution in [-0.2, 0) is 18.2 Å². The molecule has 0 saturated carbocycles. The van der Waals surface area contributed by atoms with Crippen LogP contribution in [0, 0.1) is 0 Å². The van der Waals surface area contributed by atoms with E-state index in [2.05, 4.69) is 20.0 Å². The lowest BCUT2D eigenvalue weighted by Crippen LogP contribution is -2.49. The van der Waals surface area contributed by atoms with Crippen LogP contribution in [0.15, 0.2) is 18.6 Å². The molecule has 0 bridgehead atoms. The van der Waals surface area contributed by atoms with E-state index in [1.165, 1.54) is 0 Å². The third-order valence-electron chi connectivity index (χ3n) is 5.15. The third kappa shape index (κ3) is 2.94. The molecule has 8 nitrogen and oxygen atoms in total. The van der Waals surface area contributed by atoms with E-state index in [0.717, 1.165) is 36.6 Å². The van der Waals surface area contributed by atoms with Gasteiger partial charge in [0.25, 0.3) is 5.91 Å². The summed E-state index contributed by atoms with van der Waals surface area (Å²) >= 11 is 0. The van der Waals surface area contributed by atoms with Crippen LogP contribution >= 0.6 is 0 Å². The van der Waals surface area contributed by atoms with Gasteiger partial charge in [0.15, 0.2) is 5.69 Å². The molecule has 2 aliphatic rings. The lowest BCUT2D eigenvalue weighted by Gasteiger charge is -2.35. The van der Waals surface area contributed by atoms with E-state index < -0.39 is 0 Å². The fourth-order valence-corrected chi connectivity index (χ4v) is 3.95. The maximum atomic E-state index is 13.1. The molecule has 2 aromatic rings. The Bertz CT molecular complexity index is 798. The number of aryl methyl sites for hydroxylation is 1. The van der Waals surface area contributed by atoms with Gasteiger partial charge in [-0.1, -0.05) is 0 Å². The van der Waals surface area contributed by atoms with Gasteiger partial charge in [0, 0.05) is 57.6 Å². The van der Waals surface area contributed by atoms with Crippen molar-refractivity contribution in [1.29, 1.82) is 0 Å². The van der Waals surface area contributed by atoms with Crippen LogP contribution < -0.4 is 4.90 Å². The Morgan fingerprint density at radius 1 is 1.19 bits per heavy atom. The quantitative estimate of drug-likeness (QED) is 0.805. The third-order valence-corrected chi connectivity index (χ3v) is 5.15. The summed E-state index contributed by atoms with van der Waals surface area (Å²) < 4.78 is 7.69. The second-order valence-electron chi connectivity index (χ2n) is 6.97. The minimum Gasteiger partial charge on any atom is -0.369 e. The van der Waals surface area contributed by atoms with Gasteiger partial charge in [-0.05, 0) is 13.8 Å². The Labute approximate surface area is 152 Å². The minimum absolute atomic E-state index is 0.0157. The molecule has 138 valence electrons. The number of hydrogen-bond donors (Lipinski definition) is 0. The highest BCUT2D eigenvalue weighted by Crippen LogP contribution is 2.32. The lowest BCUT2D eigenvalue weighted by atomic mass is 9.99. The summed E-state index contributed by atoms with van der Waals surface area (Å²) in [5.74, 6) is 0.872. The minimum atomic E-state index is -0.0405. The zero-order chi connectivity index (χ0) is 18.3. The van der Waals surface area contributed by atoms with Gasteiger partial charge in [0.05, 0.1) is 24.1 Å². The van der Waals surface area contributed by atoms with Crippen molar-refractivity contribution in [2.24, 2.45) is 7.05 Å².